The Bertz CT molecular complexity index is 492. The van der Waals surface area contributed by atoms with Gasteiger partial charge in [0.25, 0.3) is 0 Å². The van der Waals surface area contributed by atoms with Gasteiger partial charge in [0.1, 0.15) is 15.7 Å². The first-order valence-corrected chi connectivity index (χ1v) is 7.05. The van der Waals surface area contributed by atoms with Crippen molar-refractivity contribution in [1.82, 2.24) is 4.90 Å². The van der Waals surface area contributed by atoms with E-state index in [0.29, 0.717) is 11.7 Å². The zero-order valence-corrected chi connectivity index (χ0v) is 11.5. The topological polar surface area (TPSA) is 59.0 Å². The van der Waals surface area contributed by atoms with E-state index in [-0.39, 0.29) is 17.4 Å². The van der Waals surface area contributed by atoms with Crippen molar-refractivity contribution in [3.05, 3.63) is 22.9 Å². The Kier molecular flexibility index (Phi) is 3.65. The predicted octanol–water partition coefficient (Wildman–Crippen LogP) is 1.36. The number of hydrogen-bond donors (Lipinski definition) is 0. The first-order chi connectivity index (χ1) is 8.54. The molecule has 0 spiro atoms. The van der Waals surface area contributed by atoms with Gasteiger partial charge in [-0.25, -0.2) is 14.0 Å². The maximum atomic E-state index is 12.2. The number of carbonyl (C=O) groups excluding carboxylic acids is 1. The maximum absolute atomic E-state index is 12.2. The number of esters is 1. The lowest BCUT2D eigenvalue weighted by molar-refractivity contribution is -0.137. The van der Waals surface area contributed by atoms with Crippen LogP contribution in [-0.4, -0.2) is 33.4 Å². The molecule has 0 aromatic heterocycles. The molecule has 6 heteroatoms. The Morgan fingerprint density at radius 3 is 2.94 bits per heavy atom. The molecule has 0 radical (unpaired) electrons. The minimum atomic E-state index is -1.52. The largest absolute Gasteiger partial charge is 0.462 e. The van der Waals surface area contributed by atoms with Gasteiger partial charge in [-0.15, -0.1) is 0 Å². The van der Waals surface area contributed by atoms with Crippen LogP contribution in [0.1, 0.15) is 20.8 Å². The molecule has 0 bridgehead atoms. The monoisotopic (exact) mass is 268 g/mol. The summed E-state index contributed by atoms with van der Waals surface area (Å²) in [4.78, 5) is 17.9. The third-order valence-corrected chi connectivity index (χ3v) is 4.00. The van der Waals surface area contributed by atoms with Crippen molar-refractivity contribution < 1.29 is 13.7 Å². The highest BCUT2D eigenvalue weighted by atomic mass is 32.2. The molecule has 2 aliphatic rings. The van der Waals surface area contributed by atoms with Gasteiger partial charge in [-0.05, 0) is 18.9 Å². The molecule has 0 aliphatic carbocycles. The van der Waals surface area contributed by atoms with Gasteiger partial charge in [0.2, 0.25) is 5.17 Å². The summed E-state index contributed by atoms with van der Waals surface area (Å²) in [6.45, 7) is 6.65. The number of nitrogens with zero attached hydrogens (tertiary/aromatic N) is 2. The number of hydrogen-bond acceptors (Lipinski definition) is 5. The van der Waals surface area contributed by atoms with Crippen molar-refractivity contribution in [2.24, 2.45) is 10.9 Å². The van der Waals surface area contributed by atoms with Gasteiger partial charge < -0.3 is 9.64 Å². The van der Waals surface area contributed by atoms with Crippen molar-refractivity contribution in [3.63, 3.8) is 0 Å². The lowest BCUT2D eigenvalue weighted by atomic mass is 10.1. The molecule has 0 fully saturated rings. The number of fused-ring (bicyclic) bond motifs is 1. The van der Waals surface area contributed by atoms with Crippen LogP contribution in [0, 0.1) is 5.92 Å². The van der Waals surface area contributed by atoms with Crippen LogP contribution in [-0.2, 0) is 20.3 Å². The molecule has 0 amide bonds. The van der Waals surface area contributed by atoms with Crippen molar-refractivity contribution in [2.45, 2.75) is 20.8 Å². The number of aliphatic imine (C=N–C) groups is 1. The van der Waals surface area contributed by atoms with Crippen LogP contribution < -0.4 is 0 Å². The zero-order valence-electron chi connectivity index (χ0n) is 10.7. The van der Waals surface area contributed by atoms with E-state index in [1.807, 2.05) is 19.9 Å². The second kappa shape index (κ2) is 5.06. The maximum Gasteiger partial charge on any atom is 0.349 e. The highest BCUT2D eigenvalue weighted by Gasteiger charge is 2.34. The van der Waals surface area contributed by atoms with Crippen LogP contribution in [0.5, 0.6) is 0 Å². The van der Waals surface area contributed by atoms with Gasteiger partial charge in [-0.2, -0.15) is 0 Å². The number of amidine groups is 1. The SMILES string of the molecule is CCOC(=O)C1=CN2CC=C(C(C)C)N=C2S1=O. The zero-order chi connectivity index (χ0) is 13.3. The summed E-state index contributed by atoms with van der Waals surface area (Å²) < 4.78 is 17.0. The molecule has 5 nitrogen and oxygen atoms in total. The lowest BCUT2D eigenvalue weighted by Gasteiger charge is -2.20. The van der Waals surface area contributed by atoms with Crippen LogP contribution in [0.3, 0.4) is 0 Å². The molecule has 2 rings (SSSR count). The van der Waals surface area contributed by atoms with Crippen LogP contribution in [0.15, 0.2) is 27.9 Å². The highest BCUT2D eigenvalue weighted by molar-refractivity contribution is 8.05. The lowest BCUT2D eigenvalue weighted by Crippen LogP contribution is -2.28. The Morgan fingerprint density at radius 2 is 2.33 bits per heavy atom. The summed E-state index contributed by atoms with van der Waals surface area (Å²) >= 11 is 0. The Hall–Kier alpha value is -1.43. The van der Waals surface area contributed by atoms with Gasteiger partial charge in [-0.3, -0.25) is 0 Å². The standard InChI is InChI=1S/C12H16N2O3S/c1-4-17-11(15)10-7-14-6-5-9(8(2)3)13-12(14)18(10)16/h5,7-8H,4,6H2,1-3H3. The summed E-state index contributed by atoms with van der Waals surface area (Å²) in [5, 5.41) is 0.434. The quantitative estimate of drug-likeness (QED) is 0.725. The summed E-state index contributed by atoms with van der Waals surface area (Å²) in [6, 6.07) is 0. The van der Waals surface area contributed by atoms with E-state index in [2.05, 4.69) is 4.99 Å². The van der Waals surface area contributed by atoms with Gasteiger partial charge in [0.05, 0.1) is 6.61 Å². The number of carbonyl (C=O) groups is 1. The van der Waals surface area contributed by atoms with Crippen LogP contribution >= 0.6 is 0 Å². The van der Waals surface area contributed by atoms with Gasteiger partial charge >= 0.3 is 5.97 Å². The molecular formula is C12H16N2O3S. The smallest absolute Gasteiger partial charge is 0.349 e. The van der Waals surface area contributed by atoms with E-state index >= 15 is 0 Å². The van der Waals surface area contributed by atoms with Crippen LogP contribution in [0.4, 0.5) is 0 Å². The summed E-state index contributed by atoms with van der Waals surface area (Å²) in [5.74, 6) is -0.248. The van der Waals surface area contributed by atoms with E-state index in [4.69, 9.17) is 4.74 Å². The van der Waals surface area contributed by atoms with E-state index in [0.717, 1.165) is 5.70 Å². The van der Waals surface area contributed by atoms with Crippen LogP contribution in [0.25, 0.3) is 0 Å². The Labute approximate surface area is 109 Å². The second-order valence-corrected chi connectivity index (χ2v) is 5.66. The average Bonchev–Trinajstić information content (AvgIpc) is 2.67. The van der Waals surface area contributed by atoms with Gasteiger partial charge in [-0.1, -0.05) is 13.8 Å². The van der Waals surface area contributed by atoms with Crippen molar-refractivity contribution in [3.8, 4) is 0 Å². The highest BCUT2D eigenvalue weighted by Crippen LogP contribution is 2.25. The minimum absolute atomic E-state index is 0.175. The fraction of sp³-hybridized carbons (Fsp3) is 0.500. The first-order valence-electron chi connectivity index (χ1n) is 5.90. The molecule has 0 aromatic rings. The Morgan fingerprint density at radius 1 is 1.61 bits per heavy atom. The van der Waals surface area contributed by atoms with Crippen molar-refractivity contribution in [1.29, 1.82) is 0 Å². The van der Waals surface area contributed by atoms with Gasteiger partial charge in [0.15, 0.2) is 0 Å². The average molecular weight is 268 g/mol. The van der Waals surface area contributed by atoms with Gasteiger partial charge in [0, 0.05) is 18.4 Å². The molecule has 2 heterocycles. The number of rotatable bonds is 3. The molecule has 0 aromatic carbocycles. The number of allylic oxidation sites excluding steroid dienone is 1. The third-order valence-electron chi connectivity index (χ3n) is 2.67. The molecule has 0 N–H and O–H groups in total. The third kappa shape index (κ3) is 2.25. The minimum Gasteiger partial charge on any atom is -0.462 e. The summed E-state index contributed by atoms with van der Waals surface area (Å²) in [7, 11) is -1.52. The van der Waals surface area contributed by atoms with Crippen LogP contribution in [0.2, 0.25) is 0 Å². The fourth-order valence-electron chi connectivity index (χ4n) is 1.73. The van der Waals surface area contributed by atoms with E-state index in [1.165, 1.54) is 0 Å². The van der Waals surface area contributed by atoms with Crippen molar-refractivity contribution >= 4 is 21.9 Å². The van der Waals surface area contributed by atoms with E-state index < -0.39 is 16.8 Å². The molecule has 98 valence electrons. The van der Waals surface area contributed by atoms with Crippen molar-refractivity contribution in [2.75, 3.05) is 13.2 Å². The molecule has 1 atom stereocenters. The Balaban J connectivity index is 2.23. The van der Waals surface area contributed by atoms with E-state index in [1.54, 1.807) is 18.0 Å². The predicted molar refractivity (Wildman–Crippen MR) is 69.9 cm³/mol. The summed E-state index contributed by atoms with van der Waals surface area (Å²) in [6.07, 6.45) is 3.55. The summed E-state index contributed by atoms with van der Waals surface area (Å²) in [5.41, 5.74) is 0.910. The molecule has 1 unspecified atom stereocenters. The fourth-order valence-corrected chi connectivity index (χ4v) is 2.89. The first kappa shape index (κ1) is 13.0. The molecule has 2 aliphatic heterocycles. The van der Waals surface area contributed by atoms with E-state index in [9.17, 15) is 9.00 Å². The molecule has 0 saturated carbocycles. The molecular weight excluding hydrogens is 252 g/mol. The number of ether oxygens (including phenoxy) is 1. The molecule has 18 heavy (non-hydrogen) atoms. The normalized spacial score (nSPS) is 22.3. The second-order valence-electron chi connectivity index (χ2n) is 4.31. The molecule has 0 saturated heterocycles.